The third-order valence-electron chi connectivity index (χ3n) is 4.12. The zero-order valence-corrected chi connectivity index (χ0v) is 11.0. The second-order valence-electron chi connectivity index (χ2n) is 5.18. The van der Waals surface area contributed by atoms with Gasteiger partial charge in [0.05, 0.1) is 5.92 Å². The monoisotopic (exact) mass is 263 g/mol. The Morgan fingerprint density at radius 1 is 1.37 bits per heavy atom. The fourth-order valence-corrected chi connectivity index (χ4v) is 2.85. The maximum Gasteiger partial charge on any atom is 0.307 e. The number of rotatable bonds is 2. The molecule has 1 saturated heterocycles. The number of aliphatic carboxylic acids is 1. The minimum atomic E-state index is -0.731. The van der Waals surface area contributed by atoms with Crippen LogP contribution in [-0.4, -0.2) is 24.4 Å². The SMILES string of the molecule is Cc1c(C2CC(C(=O)O)CN2)cc2c(c1C)OCO2. The first-order valence-electron chi connectivity index (χ1n) is 6.44. The highest BCUT2D eigenvalue weighted by molar-refractivity contribution is 5.71. The largest absolute Gasteiger partial charge is 0.481 e. The molecule has 19 heavy (non-hydrogen) atoms. The number of benzene rings is 1. The highest BCUT2D eigenvalue weighted by Crippen LogP contribution is 2.42. The van der Waals surface area contributed by atoms with Crippen LogP contribution < -0.4 is 14.8 Å². The summed E-state index contributed by atoms with van der Waals surface area (Å²) >= 11 is 0. The summed E-state index contributed by atoms with van der Waals surface area (Å²) in [7, 11) is 0. The molecule has 5 heteroatoms. The quantitative estimate of drug-likeness (QED) is 0.851. The van der Waals surface area contributed by atoms with Gasteiger partial charge in [-0.05, 0) is 43.0 Å². The van der Waals surface area contributed by atoms with Gasteiger partial charge in [0.2, 0.25) is 6.79 Å². The minimum Gasteiger partial charge on any atom is -0.481 e. The highest BCUT2D eigenvalue weighted by atomic mass is 16.7. The van der Waals surface area contributed by atoms with Crippen molar-refractivity contribution in [2.24, 2.45) is 5.92 Å². The number of ether oxygens (including phenoxy) is 2. The number of carboxylic acid groups (broad SMARTS) is 1. The second-order valence-corrected chi connectivity index (χ2v) is 5.18. The van der Waals surface area contributed by atoms with Crippen molar-refractivity contribution in [3.63, 3.8) is 0 Å². The van der Waals surface area contributed by atoms with E-state index < -0.39 is 5.97 Å². The van der Waals surface area contributed by atoms with Crippen LogP contribution in [0.25, 0.3) is 0 Å². The average Bonchev–Trinajstić information content (AvgIpc) is 3.01. The molecule has 0 radical (unpaired) electrons. The Bertz CT molecular complexity index is 541. The highest BCUT2D eigenvalue weighted by Gasteiger charge is 2.32. The Morgan fingerprint density at radius 2 is 2.16 bits per heavy atom. The molecule has 0 saturated carbocycles. The third-order valence-corrected chi connectivity index (χ3v) is 4.12. The Labute approximate surface area is 111 Å². The number of nitrogens with one attached hydrogen (secondary N) is 1. The van der Waals surface area contributed by atoms with Crippen molar-refractivity contribution >= 4 is 5.97 Å². The van der Waals surface area contributed by atoms with E-state index in [1.165, 1.54) is 0 Å². The number of fused-ring (bicyclic) bond motifs is 1. The van der Waals surface area contributed by atoms with Crippen LogP contribution in [0.3, 0.4) is 0 Å². The molecule has 2 aliphatic heterocycles. The van der Waals surface area contributed by atoms with Gasteiger partial charge in [-0.1, -0.05) is 0 Å². The maximum atomic E-state index is 11.0. The summed E-state index contributed by atoms with van der Waals surface area (Å²) in [6.45, 7) is 4.83. The molecule has 2 unspecified atom stereocenters. The van der Waals surface area contributed by atoms with Crippen molar-refractivity contribution in [3.8, 4) is 11.5 Å². The molecule has 2 heterocycles. The van der Waals surface area contributed by atoms with E-state index in [0.717, 1.165) is 28.2 Å². The normalized spacial score (nSPS) is 24.7. The van der Waals surface area contributed by atoms with Gasteiger partial charge in [0.15, 0.2) is 11.5 Å². The lowest BCUT2D eigenvalue weighted by Gasteiger charge is -2.17. The standard InChI is InChI=1S/C14H17NO4/c1-7-8(2)13-12(18-6-19-13)4-10(7)11-3-9(5-15-11)14(16)17/h4,9,11,15H,3,5-6H2,1-2H3,(H,16,17). The molecule has 1 aromatic carbocycles. The van der Waals surface area contributed by atoms with Gasteiger partial charge >= 0.3 is 5.97 Å². The van der Waals surface area contributed by atoms with Crippen LogP contribution in [0.2, 0.25) is 0 Å². The number of hydrogen-bond acceptors (Lipinski definition) is 4. The van der Waals surface area contributed by atoms with Gasteiger partial charge in [-0.3, -0.25) is 4.79 Å². The van der Waals surface area contributed by atoms with Crippen LogP contribution in [0.1, 0.15) is 29.2 Å². The molecule has 1 aromatic rings. The van der Waals surface area contributed by atoms with E-state index in [2.05, 4.69) is 5.32 Å². The van der Waals surface area contributed by atoms with E-state index in [1.807, 2.05) is 19.9 Å². The van der Waals surface area contributed by atoms with Gasteiger partial charge < -0.3 is 19.9 Å². The summed E-state index contributed by atoms with van der Waals surface area (Å²) in [5.41, 5.74) is 3.34. The molecule has 0 amide bonds. The second kappa shape index (κ2) is 4.42. The molecule has 2 atom stereocenters. The first kappa shape index (κ1) is 12.3. The fraction of sp³-hybridized carbons (Fsp3) is 0.500. The average molecular weight is 263 g/mol. The summed E-state index contributed by atoms with van der Waals surface area (Å²) in [6, 6.07) is 2.06. The van der Waals surface area contributed by atoms with E-state index in [4.69, 9.17) is 14.6 Å². The van der Waals surface area contributed by atoms with E-state index in [1.54, 1.807) is 0 Å². The van der Waals surface area contributed by atoms with Crippen molar-refractivity contribution in [3.05, 3.63) is 22.8 Å². The molecule has 5 nitrogen and oxygen atoms in total. The van der Waals surface area contributed by atoms with Crippen LogP contribution in [0.15, 0.2) is 6.07 Å². The Hall–Kier alpha value is -1.75. The van der Waals surface area contributed by atoms with Gasteiger partial charge in [-0.2, -0.15) is 0 Å². The Kier molecular flexibility index (Phi) is 2.86. The van der Waals surface area contributed by atoms with Crippen LogP contribution in [0.4, 0.5) is 0 Å². The van der Waals surface area contributed by atoms with Crippen LogP contribution >= 0.6 is 0 Å². The number of carboxylic acids is 1. The molecule has 0 aliphatic carbocycles. The summed E-state index contributed by atoms with van der Waals surface area (Å²) in [5.74, 6) is 0.535. The summed E-state index contributed by atoms with van der Waals surface area (Å²) in [6.07, 6.45) is 0.620. The Balaban J connectivity index is 1.94. The topological polar surface area (TPSA) is 67.8 Å². The van der Waals surface area contributed by atoms with Crippen molar-refractivity contribution in [2.75, 3.05) is 13.3 Å². The van der Waals surface area contributed by atoms with E-state index in [0.29, 0.717) is 13.0 Å². The zero-order chi connectivity index (χ0) is 13.6. The molecule has 0 spiro atoms. The van der Waals surface area contributed by atoms with Gasteiger partial charge in [-0.25, -0.2) is 0 Å². The van der Waals surface area contributed by atoms with Crippen molar-refractivity contribution in [2.45, 2.75) is 26.3 Å². The van der Waals surface area contributed by atoms with Crippen molar-refractivity contribution < 1.29 is 19.4 Å². The molecule has 3 rings (SSSR count). The summed E-state index contributed by atoms with van der Waals surface area (Å²) < 4.78 is 10.9. The molecule has 0 aromatic heterocycles. The Morgan fingerprint density at radius 3 is 2.84 bits per heavy atom. The molecule has 0 bridgehead atoms. The third kappa shape index (κ3) is 1.94. The minimum absolute atomic E-state index is 0.0781. The van der Waals surface area contributed by atoms with Gasteiger partial charge in [0.25, 0.3) is 0 Å². The molecule has 102 valence electrons. The van der Waals surface area contributed by atoms with E-state index in [9.17, 15) is 4.79 Å². The van der Waals surface area contributed by atoms with Crippen molar-refractivity contribution in [1.29, 1.82) is 0 Å². The molecule has 1 fully saturated rings. The maximum absolute atomic E-state index is 11.0. The smallest absolute Gasteiger partial charge is 0.307 e. The van der Waals surface area contributed by atoms with E-state index in [-0.39, 0.29) is 18.8 Å². The first-order chi connectivity index (χ1) is 9.08. The molecule has 2 N–H and O–H groups in total. The van der Waals surface area contributed by atoms with E-state index >= 15 is 0 Å². The molecular formula is C14H17NO4. The van der Waals surface area contributed by atoms with Gasteiger partial charge in [0.1, 0.15) is 0 Å². The fourth-order valence-electron chi connectivity index (χ4n) is 2.85. The van der Waals surface area contributed by atoms with Gasteiger partial charge in [0, 0.05) is 12.6 Å². The molecule has 2 aliphatic rings. The predicted molar refractivity (Wildman–Crippen MR) is 68.5 cm³/mol. The lowest BCUT2D eigenvalue weighted by molar-refractivity contribution is -0.141. The molecular weight excluding hydrogens is 246 g/mol. The lowest BCUT2D eigenvalue weighted by Crippen LogP contribution is -2.17. The first-order valence-corrected chi connectivity index (χ1v) is 6.44. The van der Waals surface area contributed by atoms with Crippen LogP contribution in [0, 0.1) is 19.8 Å². The van der Waals surface area contributed by atoms with Crippen LogP contribution in [-0.2, 0) is 4.79 Å². The van der Waals surface area contributed by atoms with Gasteiger partial charge in [-0.15, -0.1) is 0 Å². The number of hydrogen-bond donors (Lipinski definition) is 2. The van der Waals surface area contributed by atoms with Crippen LogP contribution in [0.5, 0.6) is 11.5 Å². The number of carbonyl (C=O) groups is 1. The predicted octanol–water partition coefficient (Wildman–Crippen LogP) is 1.77. The summed E-state index contributed by atoms with van der Waals surface area (Å²) in [4.78, 5) is 11.0. The summed E-state index contributed by atoms with van der Waals surface area (Å²) in [5, 5.41) is 12.4. The van der Waals surface area contributed by atoms with Crippen molar-refractivity contribution in [1.82, 2.24) is 5.32 Å². The zero-order valence-electron chi connectivity index (χ0n) is 11.0. The lowest BCUT2D eigenvalue weighted by atomic mass is 9.93.